The van der Waals surface area contributed by atoms with Gasteiger partial charge in [-0.2, -0.15) is 0 Å². The van der Waals surface area contributed by atoms with E-state index in [-0.39, 0.29) is 23.3 Å². The molecule has 0 spiro atoms. The molecule has 0 aliphatic carbocycles. The number of benzene rings is 1. The van der Waals surface area contributed by atoms with Crippen LogP contribution in [0.2, 0.25) is 0 Å². The zero-order valence-corrected chi connectivity index (χ0v) is 20.5. The summed E-state index contributed by atoms with van der Waals surface area (Å²) in [6.07, 6.45) is 7.30. The van der Waals surface area contributed by atoms with Crippen molar-refractivity contribution >= 4 is 5.97 Å². The molecule has 4 rings (SSSR count). The molecule has 0 fully saturated rings. The van der Waals surface area contributed by atoms with Crippen molar-refractivity contribution in [2.24, 2.45) is 7.05 Å². The Balaban J connectivity index is 1.64. The number of aromatic hydroxyl groups is 1. The van der Waals surface area contributed by atoms with Crippen LogP contribution in [0.1, 0.15) is 40.7 Å². The molecule has 0 saturated carbocycles. The van der Waals surface area contributed by atoms with E-state index in [9.17, 15) is 14.7 Å². The second-order valence-electron chi connectivity index (χ2n) is 8.51. The number of H-pyrrole nitrogens is 1. The van der Waals surface area contributed by atoms with Crippen molar-refractivity contribution in [3.8, 4) is 11.5 Å². The number of ether oxygens (including phenoxy) is 2. The molecule has 0 radical (unpaired) electrons. The van der Waals surface area contributed by atoms with Gasteiger partial charge in [0.25, 0.3) is 5.56 Å². The molecular weight excluding hydrogens is 462 g/mol. The molecule has 188 valence electrons. The fourth-order valence-electron chi connectivity index (χ4n) is 4.14. The van der Waals surface area contributed by atoms with Gasteiger partial charge in [-0.25, -0.2) is 9.97 Å². The molecule has 0 bridgehead atoms. The van der Waals surface area contributed by atoms with Crippen LogP contribution in [-0.2, 0) is 36.2 Å². The summed E-state index contributed by atoms with van der Waals surface area (Å²) in [5.41, 5.74) is 1.99. The normalized spacial score (nSPS) is 11.9. The molecule has 0 unspecified atom stereocenters. The van der Waals surface area contributed by atoms with Gasteiger partial charge in [-0.05, 0) is 30.7 Å². The van der Waals surface area contributed by atoms with Gasteiger partial charge in [0.05, 0.1) is 25.4 Å². The number of aryl methyl sites for hydroxylation is 3. The SMILES string of the molecule is COC(=O)C[C@@H](c1ccc(OCc2nccn2C)cc1)c1c(O)cc(C)n(CCc2cnc[nH]2)c1=O. The molecule has 10 heteroatoms. The summed E-state index contributed by atoms with van der Waals surface area (Å²) in [6.45, 7) is 2.46. The minimum absolute atomic E-state index is 0.101. The average Bonchev–Trinajstić information content (AvgIpc) is 3.53. The molecule has 3 heterocycles. The third kappa shape index (κ3) is 5.48. The highest BCUT2D eigenvalue weighted by molar-refractivity contribution is 5.71. The largest absolute Gasteiger partial charge is 0.507 e. The molecule has 36 heavy (non-hydrogen) atoms. The van der Waals surface area contributed by atoms with Crippen molar-refractivity contribution in [2.45, 2.75) is 38.8 Å². The maximum atomic E-state index is 13.6. The number of aromatic nitrogens is 5. The van der Waals surface area contributed by atoms with Crippen LogP contribution in [-0.4, -0.2) is 42.3 Å². The minimum Gasteiger partial charge on any atom is -0.507 e. The Morgan fingerprint density at radius 3 is 2.67 bits per heavy atom. The van der Waals surface area contributed by atoms with Crippen molar-refractivity contribution in [2.75, 3.05) is 7.11 Å². The Hall–Kier alpha value is -4.34. The predicted molar refractivity (Wildman–Crippen MR) is 132 cm³/mol. The number of nitrogens with one attached hydrogen (secondary N) is 1. The number of methoxy groups -OCH3 is 1. The molecule has 0 amide bonds. The number of nitrogens with zero attached hydrogens (tertiary/aromatic N) is 4. The topological polar surface area (TPSA) is 124 Å². The Kier molecular flexibility index (Phi) is 7.53. The third-order valence-electron chi connectivity index (χ3n) is 6.20. The lowest BCUT2D eigenvalue weighted by atomic mass is 9.88. The zero-order valence-electron chi connectivity index (χ0n) is 20.5. The number of carbonyl (C=O) groups is 1. The van der Waals surface area contributed by atoms with Gasteiger partial charge in [0.15, 0.2) is 0 Å². The van der Waals surface area contributed by atoms with Gasteiger partial charge in [0, 0.05) is 55.9 Å². The maximum Gasteiger partial charge on any atom is 0.306 e. The molecule has 0 saturated heterocycles. The van der Waals surface area contributed by atoms with Crippen molar-refractivity contribution in [3.05, 3.63) is 93.9 Å². The van der Waals surface area contributed by atoms with E-state index in [1.54, 1.807) is 60.5 Å². The second kappa shape index (κ2) is 10.9. The molecule has 2 N–H and O–H groups in total. The van der Waals surface area contributed by atoms with Gasteiger partial charge >= 0.3 is 5.97 Å². The quantitative estimate of drug-likeness (QED) is 0.327. The summed E-state index contributed by atoms with van der Waals surface area (Å²) in [6, 6.07) is 8.66. The van der Waals surface area contributed by atoms with Crippen molar-refractivity contribution < 1.29 is 19.4 Å². The first-order valence-electron chi connectivity index (χ1n) is 11.5. The highest BCUT2D eigenvalue weighted by atomic mass is 16.5. The molecule has 0 aliphatic heterocycles. The number of aromatic amines is 1. The summed E-state index contributed by atoms with van der Waals surface area (Å²) in [5, 5.41) is 10.8. The van der Waals surface area contributed by atoms with E-state index in [0.717, 1.165) is 11.5 Å². The Morgan fingerprint density at radius 1 is 1.25 bits per heavy atom. The number of hydrogen-bond donors (Lipinski definition) is 2. The summed E-state index contributed by atoms with van der Waals surface area (Å²) < 4.78 is 14.2. The molecular formula is C26H29N5O5. The summed E-state index contributed by atoms with van der Waals surface area (Å²) in [5.74, 6) is 0.0527. The Labute approximate surface area is 208 Å². The monoisotopic (exact) mass is 491 g/mol. The number of rotatable bonds is 10. The van der Waals surface area contributed by atoms with Crippen LogP contribution >= 0.6 is 0 Å². The van der Waals surface area contributed by atoms with Gasteiger partial charge in [0.1, 0.15) is 23.9 Å². The summed E-state index contributed by atoms with van der Waals surface area (Å²) >= 11 is 0. The van der Waals surface area contributed by atoms with Gasteiger partial charge in [-0.15, -0.1) is 0 Å². The lowest BCUT2D eigenvalue weighted by Gasteiger charge is -2.21. The van der Waals surface area contributed by atoms with Gasteiger partial charge in [0.2, 0.25) is 0 Å². The van der Waals surface area contributed by atoms with Gasteiger partial charge < -0.3 is 28.7 Å². The van der Waals surface area contributed by atoms with Crippen molar-refractivity contribution in [3.63, 3.8) is 0 Å². The second-order valence-corrected chi connectivity index (χ2v) is 8.51. The Bertz CT molecular complexity index is 1370. The highest BCUT2D eigenvalue weighted by Crippen LogP contribution is 2.33. The van der Waals surface area contributed by atoms with E-state index >= 15 is 0 Å². The van der Waals surface area contributed by atoms with Crippen LogP contribution in [0.3, 0.4) is 0 Å². The van der Waals surface area contributed by atoms with E-state index in [1.807, 2.05) is 17.8 Å². The van der Waals surface area contributed by atoms with Crippen LogP contribution < -0.4 is 10.3 Å². The summed E-state index contributed by atoms with van der Waals surface area (Å²) in [7, 11) is 3.19. The lowest BCUT2D eigenvalue weighted by molar-refractivity contribution is -0.140. The van der Waals surface area contributed by atoms with Crippen LogP contribution in [0, 0.1) is 6.92 Å². The lowest BCUT2D eigenvalue weighted by Crippen LogP contribution is -2.29. The standard InChI is InChI=1S/C26H29N5O5/c1-17-12-22(32)25(26(34)31(17)10-8-19-14-27-16-29-19)21(13-24(33)35-3)18-4-6-20(7-5-18)36-15-23-28-9-11-30(23)2/h4-7,9,11-12,14,16,21,32H,8,10,13,15H2,1-3H3,(H,27,29)/t21-/m0/s1. The predicted octanol–water partition coefficient (Wildman–Crippen LogP) is 2.84. The molecule has 3 aromatic heterocycles. The Morgan fingerprint density at radius 2 is 2.03 bits per heavy atom. The fourth-order valence-corrected chi connectivity index (χ4v) is 4.14. The van der Waals surface area contributed by atoms with Crippen molar-refractivity contribution in [1.82, 2.24) is 24.1 Å². The van der Waals surface area contributed by atoms with E-state index in [4.69, 9.17) is 9.47 Å². The third-order valence-corrected chi connectivity index (χ3v) is 6.20. The van der Waals surface area contributed by atoms with E-state index in [0.29, 0.717) is 36.6 Å². The number of esters is 1. The minimum atomic E-state index is -0.701. The average molecular weight is 492 g/mol. The molecule has 1 aromatic carbocycles. The number of imidazole rings is 2. The van der Waals surface area contributed by atoms with Crippen molar-refractivity contribution in [1.29, 1.82) is 0 Å². The first-order valence-corrected chi connectivity index (χ1v) is 11.5. The first kappa shape index (κ1) is 24.8. The van der Waals surface area contributed by atoms with E-state index < -0.39 is 11.9 Å². The van der Waals surface area contributed by atoms with E-state index in [1.165, 1.54) is 7.11 Å². The number of carbonyl (C=O) groups excluding carboxylic acids is 1. The number of hydrogen-bond acceptors (Lipinski definition) is 7. The first-order chi connectivity index (χ1) is 17.4. The van der Waals surface area contributed by atoms with Crippen LogP contribution in [0.4, 0.5) is 0 Å². The maximum absolute atomic E-state index is 13.6. The number of pyridine rings is 1. The van der Waals surface area contributed by atoms with Crippen LogP contribution in [0.5, 0.6) is 11.5 Å². The zero-order chi connectivity index (χ0) is 25.7. The highest BCUT2D eigenvalue weighted by Gasteiger charge is 2.26. The van der Waals surface area contributed by atoms with Gasteiger partial charge in [-0.1, -0.05) is 12.1 Å². The van der Waals surface area contributed by atoms with E-state index in [2.05, 4.69) is 15.0 Å². The molecule has 10 nitrogen and oxygen atoms in total. The van der Waals surface area contributed by atoms with Crippen LogP contribution in [0.15, 0.2) is 60.0 Å². The molecule has 1 atom stereocenters. The smallest absolute Gasteiger partial charge is 0.306 e. The van der Waals surface area contributed by atoms with Crippen LogP contribution in [0.25, 0.3) is 0 Å². The van der Waals surface area contributed by atoms with Gasteiger partial charge in [-0.3, -0.25) is 9.59 Å². The summed E-state index contributed by atoms with van der Waals surface area (Å²) in [4.78, 5) is 37.2. The molecule has 4 aromatic rings. The molecule has 0 aliphatic rings. The fraction of sp³-hybridized carbons (Fsp3) is 0.308.